The molecule has 0 saturated heterocycles. The minimum absolute atomic E-state index is 0.130. The lowest BCUT2D eigenvalue weighted by Crippen LogP contribution is -2.14. The lowest BCUT2D eigenvalue weighted by atomic mass is 9.95. The van der Waals surface area contributed by atoms with Gasteiger partial charge >= 0.3 is 0 Å². The van der Waals surface area contributed by atoms with Gasteiger partial charge in [0.25, 0.3) is 5.91 Å². The fourth-order valence-corrected chi connectivity index (χ4v) is 4.38. The van der Waals surface area contributed by atoms with E-state index in [1.165, 1.54) is 18.2 Å². The predicted octanol–water partition coefficient (Wildman–Crippen LogP) is 6.03. The molecule has 0 aliphatic carbocycles. The topological polar surface area (TPSA) is 76.1 Å². The summed E-state index contributed by atoms with van der Waals surface area (Å²) in [6.07, 6.45) is 2.85. The van der Waals surface area contributed by atoms with Crippen LogP contribution < -0.4 is 5.32 Å². The van der Waals surface area contributed by atoms with Crippen molar-refractivity contribution in [2.75, 3.05) is 11.6 Å². The number of pyridine rings is 1. The first-order chi connectivity index (χ1) is 15.7. The Morgan fingerprint density at radius 2 is 1.70 bits per heavy atom. The van der Waals surface area contributed by atoms with E-state index in [4.69, 9.17) is 11.6 Å². The number of hydrogen-bond donors (Lipinski definition) is 1. The van der Waals surface area contributed by atoms with Gasteiger partial charge in [0.1, 0.15) is 0 Å². The van der Waals surface area contributed by atoms with Gasteiger partial charge in [-0.25, -0.2) is 8.42 Å². The number of hydrogen-bond acceptors (Lipinski definition) is 4. The number of carbonyl (C=O) groups excluding carboxylic acids is 1. The summed E-state index contributed by atoms with van der Waals surface area (Å²) in [5.74, 6) is -0.359. The Balaban J connectivity index is 1.76. The van der Waals surface area contributed by atoms with Gasteiger partial charge in [0.05, 0.1) is 10.6 Å². The van der Waals surface area contributed by atoms with Crippen LogP contribution >= 0.6 is 11.6 Å². The number of nitrogens with zero attached hydrogens (tertiary/aromatic N) is 1. The molecule has 0 spiro atoms. The third-order valence-corrected chi connectivity index (χ3v) is 6.82. The van der Waals surface area contributed by atoms with Crippen LogP contribution in [0, 0.1) is 6.92 Å². The summed E-state index contributed by atoms with van der Waals surface area (Å²) in [7, 11) is -3.47. The highest BCUT2D eigenvalue weighted by atomic mass is 35.5. The summed E-state index contributed by atoms with van der Waals surface area (Å²) < 4.78 is 24.4. The first kappa shape index (κ1) is 22.7. The molecule has 0 aliphatic rings. The molecule has 1 N–H and O–H groups in total. The Bertz CT molecular complexity index is 1450. The molecule has 7 heteroatoms. The second kappa shape index (κ2) is 9.17. The van der Waals surface area contributed by atoms with E-state index in [9.17, 15) is 13.2 Å². The van der Waals surface area contributed by atoms with Crippen LogP contribution in [0.1, 0.15) is 15.9 Å². The van der Waals surface area contributed by atoms with Gasteiger partial charge in [-0.05, 0) is 72.1 Å². The van der Waals surface area contributed by atoms with Crippen molar-refractivity contribution in [1.82, 2.24) is 4.98 Å². The van der Waals surface area contributed by atoms with Crippen molar-refractivity contribution in [3.05, 3.63) is 101 Å². The average Bonchev–Trinajstić information content (AvgIpc) is 2.80. The second-order valence-corrected chi connectivity index (χ2v) is 10.1. The molecule has 4 rings (SSSR count). The summed E-state index contributed by atoms with van der Waals surface area (Å²) in [6.45, 7) is 1.84. The third kappa shape index (κ3) is 4.97. The Morgan fingerprint density at radius 1 is 0.909 bits per heavy atom. The van der Waals surface area contributed by atoms with Gasteiger partial charge in [0.2, 0.25) is 0 Å². The lowest BCUT2D eigenvalue weighted by Gasteiger charge is -2.15. The number of carbonyl (C=O) groups is 1. The largest absolute Gasteiger partial charge is 0.322 e. The van der Waals surface area contributed by atoms with Crippen molar-refractivity contribution < 1.29 is 13.2 Å². The number of benzene rings is 3. The zero-order valence-corrected chi connectivity index (χ0v) is 19.6. The van der Waals surface area contributed by atoms with Gasteiger partial charge in [-0.15, -0.1) is 0 Å². The molecule has 1 amide bonds. The number of halogens is 1. The highest BCUT2D eigenvalue weighted by Gasteiger charge is 2.19. The molecule has 0 saturated carbocycles. The zero-order chi connectivity index (χ0) is 23.6. The Labute approximate surface area is 198 Å². The van der Waals surface area contributed by atoms with Crippen LogP contribution in [0.2, 0.25) is 5.02 Å². The molecule has 0 bridgehead atoms. The zero-order valence-electron chi connectivity index (χ0n) is 18.0. The minimum Gasteiger partial charge on any atom is -0.322 e. The first-order valence-electron chi connectivity index (χ1n) is 10.2. The molecule has 0 unspecified atom stereocenters. The average molecular weight is 477 g/mol. The summed E-state index contributed by atoms with van der Waals surface area (Å²) in [4.78, 5) is 17.8. The summed E-state index contributed by atoms with van der Waals surface area (Å²) in [5.41, 5.74) is 4.56. The van der Waals surface area contributed by atoms with Gasteiger partial charge in [-0.1, -0.05) is 41.9 Å². The highest BCUT2D eigenvalue weighted by Crippen LogP contribution is 2.33. The van der Waals surface area contributed by atoms with Crippen LogP contribution in [0.3, 0.4) is 0 Å². The van der Waals surface area contributed by atoms with E-state index in [2.05, 4.69) is 10.3 Å². The number of amides is 1. The molecular weight excluding hydrogens is 456 g/mol. The van der Waals surface area contributed by atoms with Crippen molar-refractivity contribution in [3.8, 4) is 22.4 Å². The second-order valence-electron chi connectivity index (χ2n) is 7.64. The maximum Gasteiger partial charge on any atom is 0.256 e. The Morgan fingerprint density at radius 3 is 2.42 bits per heavy atom. The number of aromatic nitrogens is 1. The van der Waals surface area contributed by atoms with E-state index in [-0.39, 0.29) is 10.8 Å². The smallest absolute Gasteiger partial charge is 0.256 e. The molecule has 0 fully saturated rings. The highest BCUT2D eigenvalue weighted by molar-refractivity contribution is 7.90. The van der Waals surface area contributed by atoms with Crippen LogP contribution in [0.25, 0.3) is 22.4 Å². The first-order valence-corrected chi connectivity index (χ1v) is 12.4. The Hall–Kier alpha value is -3.48. The molecule has 0 atom stereocenters. The maximum absolute atomic E-state index is 13.3. The molecule has 33 heavy (non-hydrogen) atoms. The fraction of sp³-hybridized carbons (Fsp3) is 0.0769. The van der Waals surface area contributed by atoms with Gasteiger partial charge < -0.3 is 5.32 Å². The Kier molecular flexibility index (Phi) is 6.31. The van der Waals surface area contributed by atoms with Crippen LogP contribution in [-0.4, -0.2) is 25.6 Å². The molecular formula is C26H21ClN2O3S. The van der Waals surface area contributed by atoms with Crippen molar-refractivity contribution in [2.24, 2.45) is 0 Å². The van der Waals surface area contributed by atoms with E-state index < -0.39 is 9.84 Å². The molecule has 166 valence electrons. The molecule has 0 radical (unpaired) electrons. The molecule has 0 aliphatic heterocycles. The van der Waals surface area contributed by atoms with Crippen LogP contribution in [0.5, 0.6) is 0 Å². The summed E-state index contributed by atoms with van der Waals surface area (Å²) >= 11 is 6.31. The number of rotatable bonds is 5. The fourth-order valence-electron chi connectivity index (χ4n) is 3.56. The standard InChI is InChI=1S/C26H21ClN2O3S/c1-17-21(9-6-10-24(17)27)23-16-20(33(2,31)32)12-13-22(23)26(30)29-19-8-5-7-18(15-19)25-11-3-4-14-28-25/h3-16H,1-2H3,(H,29,30). The number of sulfone groups is 1. The number of anilines is 1. The van der Waals surface area contributed by atoms with E-state index in [0.29, 0.717) is 27.4 Å². The monoisotopic (exact) mass is 476 g/mol. The van der Waals surface area contributed by atoms with Crippen LogP contribution in [0.15, 0.2) is 90.0 Å². The minimum atomic E-state index is -3.47. The van der Waals surface area contributed by atoms with Crippen LogP contribution in [-0.2, 0) is 9.84 Å². The van der Waals surface area contributed by atoms with Crippen molar-refractivity contribution in [1.29, 1.82) is 0 Å². The summed E-state index contributed by atoms with van der Waals surface area (Å²) in [5, 5.41) is 3.46. The van der Waals surface area contributed by atoms with Gasteiger partial charge in [-0.2, -0.15) is 0 Å². The molecule has 3 aromatic carbocycles. The van der Waals surface area contributed by atoms with Crippen LogP contribution in [0.4, 0.5) is 5.69 Å². The molecule has 4 aromatic rings. The van der Waals surface area contributed by atoms with Crippen molar-refractivity contribution in [2.45, 2.75) is 11.8 Å². The SMILES string of the molecule is Cc1c(Cl)cccc1-c1cc(S(C)(=O)=O)ccc1C(=O)Nc1cccc(-c2ccccn2)c1. The quantitative estimate of drug-likeness (QED) is 0.381. The van der Waals surface area contributed by atoms with Crippen molar-refractivity contribution in [3.63, 3.8) is 0 Å². The van der Waals surface area contributed by atoms with Gasteiger partial charge in [0.15, 0.2) is 9.84 Å². The normalized spacial score (nSPS) is 11.2. The predicted molar refractivity (Wildman–Crippen MR) is 132 cm³/mol. The van der Waals surface area contributed by atoms with E-state index >= 15 is 0 Å². The van der Waals surface area contributed by atoms with E-state index in [1.54, 1.807) is 24.4 Å². The van der Waals surface area contributed by atoms with Gasteiger partial charge in [0, 0.05) is 34.3 Å². The third-order valence-electron chi connectivity index (χ3n) is 5.30. The number of nitrogens with one attached hydrogen (secondary N) is 1. The van der Waals surface area contributed by atoms with E-state index in [1.807, 2.05) is 49.4 Å². The van der Waals surface area contributed by atoms with E-state index in [0.717, 1.165) is 23.1 Å². The van der Waals surface area contributed by atoms with Gasteiger partial charge in [-0.3, -0.25) is 9.78 Å². The van der Waals surface area contributed by atoms with Crippen molar-refractivity contribution >= 4 is 33.0 Å². The molecule has 5 nitrogen and oxygen atoms in total. The lowest BCUT2D eigenvalue weighted by molar-refractivity contribution is 0.102. The molecule has 1 heterocycles. The molecule has 1 aromatic heterocycles. The summed E-state index contributed by atoms with van der Waals surface area (Å²) in [6, 6.07) is 22.9. The maximum atomic E-state index is 13.3.